The van der Waals surface area contributed by atoms with Gasteiger partial charge in [0, 0.05) is 6.42 Å². The molecule has 2 rings (SSSR count). The van der Waals surface area contributed by atoms with Crippen molar-refractivity contribution >= 4 is 5.97 Å². The summed E-state index contributed by atoms with van der Waals surface area (Å²) in [4.78, 5) is 11.9. The Morgan fingerprint density at radius 1 is 1.46 bits per heavy atom. The van der Waals surface area contributed by atoms with Crippen LogP contribution < -0.4 is 5.73 Å². The molecule has 4 N–H and O–H groups in total. The van der Waals surface area contributed by atoms with E-state index >= 15 is 0 Å². The average Bonchev–Trinajstić information content (AvgIpc) is 2.82. The largest absolute Gasteiger partial charge is 0.477 e. The number of alkyl halides is 3. The molecule has 2 unspecified atom stereocenters. The highest BCUT2D eigenvalue weighted by molar-refractivity contribution is 5.75. The normalized spacial score (nSPS) is 30.5. The van der Waals surface area contributed by atoms with Crippen molar-refractivity contribution < 1.29 is 32.7 Å². The van der Waals surface area contributed by atoms with Crippen molar-refractivity contribution in [1.29, 1.82) is 0 Å². The minimum Gasteiger partial charge on any atom is -0.477 e. The van der Waals surface area contributed by atoms with Crippen LogP contribution in [0, 0.1) is 0 Å². The number of carbonyl (C=O) groups is 1. The molecule has 24 heavy (non-hydrogen) atoms. The number of nitrogens with zero attached hydrogens (tertiary/aromatic N) is 1. The fraction of sp³-hybridized carbons (Fsp3) is 0.562. The molecule has 1 aliphatic heterocycles. The minimum atomic E-state index is -4.52. The SMILES string of the molecule is CC[N+]1(CCO)CCC(N)(c2cccc(C(F)(F)F)c2)[C@H]1C(=O)O. The van der Waals surface area contributed by atoms with Gasteiger partial charge in [0.1, 0.15) is 12.1 Å². The lowest BCUT2D eigenvalue weighted by molar-refractivity contribution is -0.932. The van der Waals surface area contributed by atoms with Crippen molar-refractivity contribution in [1.82, 2.24) is 0 Å². The number of quaternary nitrogens is 1. The Kier molecular flexibility index (Phi) is 4.94. The summed E-state index contributed by atoms with van der Waals surface area (Å²) in [6.07, 6.45) is -4.29. The molecular weight excluding hydrogens is 325 g/mol. The average molecular weight is 347 g/mol. The number of hydrogen-bond acceptors (Lipinski definition) is 3. The van der Waals surface area contributed by atoms with E-state index in [1.54, 1.807) is 6.92 Å². The number of rotatable bonds is 5. The molecule has 0 saturated carbocycles. The summed E-state index contributed by atoms with van der Waals surface area (Å²) < 4.78 is 39.0. The molecule has 0 amide bonds. The third-order valence-electron chi connectivity index (χ3n) is 5.14. The van der Waals surface area contributed by atoms with Crippen LogP contribution in [0.4, 0.5) is 13.2 Å². The summed E-state index contributed by atoms with van der Waals surface area (Å²) in [5.74, 6) is -1.16. The van der Waals surface area contributed by atoms with E-state index in [4.69, 9.17) is 5.73 Å². The molecule has 1 aromatic carbocycles. The first-order valence-corrected chi connectivity index (χ1v) is 7.77. The quantitative estimate of drug-likeness (QED) is 0.706. The zero-order chi connectivity index (χ0) is 18.2. The summed E-state index contributed by atoms with van der Waals surface area (Å²) in [6.45, 7) is 2.60. The minimum absolute atomic E-state index is 0.0541. The summed E-state index contributed by atoms with van der Waals surface area (Å²) in [7, 11) is 0. The van der Waals surface area contributed by atoms with Crippen LogP contribution in [-0.4, -0.2) is 52.9 Å². The molecule has 3 atom stereocenters. The van der Waals surface area contributed by atoms with Crippen LogP contribution in [0.2, 0.25) is 0 Å². The first-order valence-electron chi connectivity index (χ1n) is 7.77. The van der Waals surface area contributed by atoms with Gasteiger partial charge in [-0.1, -0.05) is 12.1 Å². The molecular formula is C16H22F3N2O3+. The molecule has 1 aliphatic rings. The van der Waals surface area contributed by atoms with Crippen LogP contribution >= 0.6 is 0 Å². The Bertz CT molecular complexity index is 623. The first kappa shape index (κ1) is 18.7. The number of halogens is 3. The van der Waals surface area contributed by atoms with Crippen molar-refractivity contribution in [2.45, 2.75) is 31.1 Å². The van der Waals surface area contributed by atoms with Gasteiger partial charge in [-0.3, -0.25) is 0 Å². The van der Waals surface area contributed by atoms with Crippen LogP contribution in [0.25, 0.3) is 0 Å². The highest BCUT2D eigenvalue weighted by Crippen LogP contribution is 2.42. The van der Waals surface area contributed by atoms with Gasteiger partial charge in [-0.2, -0.15) is 13.2 Å². The highest BCUT2D eigenvalue weighted by atomic mass is 19.4. The van der Waals surface area contributed by atoms with E-state index in [2.05, 4.69) is 0 Å². The number of carboxylic acid groups (broad SMARTS) is 1. The lowest BCUT2D eigenvalue weighted by Gasteiger charge is -2.40. The predicted molar refractivity (Wildman–Crippen MR) is 81.0 cm³/mol. The number of nitrogens with two attached hydrogens (primary N) is 1. The van der Waals surface area contributed by atoms with E-state index in [0.29, 0.717) is 13.1 Å². The van der Waals surface area contributed by atoms with Gasteiger partial charge >= 0.3 is 12.1 Å². The molecule has 1 saturated heterocycles. The van der Waals surface area contributed by atoms with Gasteiger partial charge in [-0.05, 0) is 24.6 Å². The fourth-order valence-corrected chi connectivity index (χ4v) is 3.84. The van der Waals surface area contributed by atoms with E-state index in [-0.39, 0.29) is 29.6 Å². The molecule has 1 heterocycles. The van der Waals surface area contributed by atoms with Crippen LogP contribution in [0.5, 0.6) is 0 Å². The number of likely N-dealkylation sites (N-methyl/N-ethyl adjacent to an activating group) is 1. The predicted octanol–water partition coefficient (Wildman–Crippen LogP) is 1.55. The first-order chi connectivity index (χ1) is 11.1. The summed E-state index contributed by atoms with van der Waals surface area (Å²) >= 11 is 0. The standard InChI is InChI=1S/C16H21F3N2O3/c1-2-21(8-9-22)7-6-15(20,13(21)14(23)24)11-4-3-5-12(10-11)16(17,18)19/h3-5,10,13,22H,2,6-9,20H2,1H3/p+1/t13-,15?,21?/m1/s1. The number of aliphatic carboxylic acids is 1. The second-order valence-corrected chi connectivity index (χ2v) is 6.32. The van der Waals surface area contributed by atoms with E-state index in [1.165, 1.54) is 12.1 Å². The van der Waals surface area contributed by atoms with E-state index in [9.17, 15) is 28.2 Å². The van der Waals surface area contributed by atoms with Gasteiger partial charge in [0.2, 0.25) is 6.04 Å². The highest BCUT2D eigenvalue weighted by Gasteiger charge is 2.60. The van der Waals surface area contributed by atoms with Gasteiger partial charge in [-0.25, -0.2) is 4.79 Å². The smallest absolute Gasteiger partial charge is 0.416 e. The number of aliphatic hydroxyl groups excluding tert-OH is 1. The maximum absolute atomic E-state index is 13.0. The molecule has 134 valence electrons. The molecule has 5 nitrogen and oxygen atoms in total. The number of likely N-dealkylation sites (tertiary alicyclic amines) is 1. The molecule has 0 bridgehead atoms. The van der Waals surface area contributed by atoms with E-state index in [0.717, 1.165) is 12.1 Å². The number of benzene rings is 1. The Morgan fingerprint density at radius 3 is 2.62 bits per heavy atom. The van der Waals surface area contributed by atoms with Gasteiger partial charge in [0.25, 0.3) is 0 Å². The lowest BCUT2D eigenvalue weighted by Crippen LogP contribution is -2.63. The molecule has 0 aliphatic carbocycles. The van der Waals surface area contributed by atoms with Crippen molar-refractivity contribution in [3.63, 3.8) is 0 Å². The molecule has 0 radical (unpaired) electrons. The van der Waals surface area contributed by atoms with E-state index in [1.807, 2.05) is 0 Å². The van der Waals surface area contributed by atoms with Crippen molar-refractivity contribution in [3.8, 4) is 0 Å². The Labute approximate surface area is 138 Å². The number of aliphatic hydroxyl groups is 1. The summed E-state index contributed by atoms with van der Waals surface area (Å²) in [5, 5.41) is 19.0. The van der Waals surface area contributed by atoms with Crippen LogP contribution in [0.1, 0.15) is 24.5 Å². The zero-order valence-electron chi connectivity index (χ0n) is 13.4. The number of carboxylic acids is 1. The molecule has 1 aromatic rings. The van der Waals surface area contributed by atoms with Gasteiger partial charge in [-0.15, -0.1) is 0 Å². The van der Waals surface area contributed by atoms with Gasteiger partial charge < -0.3 is 20.4 Å². The second-order valence-electron chi connectivity index (χ2n) is 6.32. The van der Waals surface area contributed by atoms with Crippen LogP contribution in [0.15, 0.2) is 24.3 Å². The second kappa shape index (κ2) is 6.34. The lowest BCUT2D eigenvalue weighted by atomic mass is 9.82. The zero-order valence-corrected chi connectivity index (χ0v) is 13.4. The van der Waals surface area contributed by atoms with Gasteiger partial charge in [0.05, 0.1) is 25.3 Å². The third-order valence-corrected chi connectivity index (χ3v) is 5.14. The van der Waals surface area contributed by atoms with Crippen LogP contribution in [0.3, 0.4) is 0 Å². The van der Waals surface area contributed by atoms with E-state index < -0.39 is 29.3 Å². The summed E-state index contributed by atoms with van der Waals surface area (Å²) in [5.41, 5.74) is 4.27. The van der Waals surface area contributed by atoms with Crippen LogP contribution in [-0.2, 0) is 16.5 Å². The maximum Gasteiger partial charge on any atom is 0.416 e. The Balaban J connectivity index is 2.54. The molecule has 0 spiro atoms. The number of hydrogen-bond donors (Lipinski definition) is 3. The van der Waals surface area contributed by atoms with Crippen molar-refractivity contribution in [2.75, 3.05) is 26.2 Å². The molecule has 0 aromatic heterocycles. The third kappa shape index (κ3) is 3.01. The fourth-order valence-electron chi connectivity index (χ4n) is 3.84. The Morgan fingerprint density at radius 2 is 2.12 bits per heavy atom. The topological polar surface area (TPSA) is 83.5 Å². The van der Waals surface area contributed by atoms with Gasteiger partial charge in [0.15, 0.2) is 0 Å². The molecule has 1 fully saturated rings. The van der Waals surface area contributed by atoms with Crippen molar-refractivity contribution in [3.05, 3.63) is 35.4 Å². The maximum atomic E-state index is 13.0. The monoisotopic (exact) mass is 347 g/mol. The Hall–Kier alpha value is -1.64. The van der Waals surface area contributed by atoms with Crippen molar-refractivity contribution in [2.24, 2.45) is 5.73 Å². The molecule has 8 heteroatoms. The summed E-state index contributed by atoms with van der Waals surface area (Å²) in [6, 6.07) is 3.45.